The third-order valence-electron chi connectivity index (χ3n) is 3.64. The summed E-state index contributed by atoms with van der Waals surface area (Å²) in [4.78, 5) is 2.03. The van der Waals surface area contributed by atoms with E-state index in [1.165, 1.54) is 18.2 Å². The minimum atomic E-state index is -0.544. The van der Waals surface area contributed by atoms with Crippen molar-refractivity contribution in [3.63, 3.8) is 0 Å². The fourth-order valence-electron chi connectivity index (χ4n) is 2.68. The second-order valence-electron chi connectivity index (χ2n) is 5.45. The molecule has 106 valence electrons. The minimum Gasteiger partial charge on any atom is -0.378 e. The Hall–Kier alpha value is -1.04. The lowest BCUT2D eigenvalue weighted by Crippen LogP contribution is -2.55. The first kappa shape index (κ1) is 14.4. The molecule has 1 heterocycles. The molecule has 1 aromatic carbocycles. The second-order valence-corrected chi connectivity index (χ2v) is 5.45. The average Bonchev–Trinajstić information content (AvgIpc) is 2.34. The van der Waals surface area contributed by atoms with E-state index in [0.717, 1.165) is 0 Å². The topological polar surface area (TPSA) is 38.5 Å². The van der Waals surface area contributed by atoms with Gasteiger partial charge in [0.25, 0.3) is 0 Å². The molecule has 0 spiro atoms. The fraction of sp³-hybridized carbons (Fsp3) is 0.571. The molecule has 1 aliphatic rings. The number of nitrogens with two attached hydrogens (primary N) is 1. The van der Waals surface area contributed by atoms with E-state index in [-0.39, 0.29) is 17.6 Å². The molecule has 2 N–H and O–H groups in total. The molecule has 0 bridgehead atoms. The molecular weight excluding hydrogens is 250 g/mol. The number of halogens is 2. The molecular formula is C14H20F2N2O. The Morgan fingerprint density at radius 2 is 2.00 bits per heavy atom. The van der Waals surface area contributed by atoms with E-state index in [0.29, 0.717) is 19.8 Å². The number of benzene rings is 1. The normalized spacial score (nSPS) is 21.3. The van der Waals surface area contributed by atoms with E-state index in [1.807, 2.05) is 18.7 Å². The molecule has 1 saturated heterocycles. The van der Waals surface area contributed by atoms with Gasteiger partial charge in [-0.1, -0.05) is 6.07 Å². The Bertz CT molecular complexity index is 431. The molecule has 0 amide bonds. The summed E-state index contributed by atoms with van der Waals surface area (Å²) in [7, 11) is 0. The van der Waals surface area contributed by atoms with Crippen molar-refractivity contribution in [2.24, 2.45) is 5.73 Å². The lowest BCUT2D eigenvalue weighted by atomic mass is 9.95. The van der Waals surface area contributed by atoms with Crippen LogP contribution >= 0.6 is 0 Å². The van der Waals surface area contributed by atoms with Crippen molar-refractivity contribution in [1.29, 1.82) is 0 Å². The van der Waals surface area contributed by atoms with Crippen LogP contribution in [0.15, 0.2) is 18.2 Å². The number of hydrogen-bond acceptors (Lipinski definition) is 3. The smallest absolute Gasteiger partial charge is 0.130 e. The highest BCUT2D eigenvalue weighted by Crippen LogP contribution is 2.32. The van der Waals surface area contributed by atoms with Gasteiger partial charge in [0.2, 0.25) is 0 Å². The van der Waals surface area contributed by atoms with Crippen molar-refractivity contribution in [2.45, 2.75) is 25.4 Å². The van der Waals surface area contributed by atoms with E-state index in [9.17, 15) is 8.78 Å². The van der Waals surface area contributed by atoms with Gasteiger partial charge in [0.05, 0.1) is 19.3 Å². The largest absolute Gasteiger partial charge is 0.378 e. The van der Waals surface area contributed by atoms with Gasteiger partial charge < -0.3 is 10.5 Å². The van der Waals surface area contributed by atoms with Crippen LogP contribution in [0, 0.1) is 11.6 Å². The van der Waals surface area contributed by atoms with E-state index >= 15 is 0 Å². The molecule has 1 atom stereocenters. The van der Waals surface area contributed by atoms with Gasteiger partial charge in [0.15, 0.2) is 0 Å². The molecule has 3 nitrogen and oxygen atoms in total. The summed E-state index contributed by atoms with van der Waals surface area (Å²) in [6.07, 6.45) is 0. The van der Waals surface area contributed by atoms with Gasteiger partial charge in [0.1, 0.15) is 11.6 Å². The first-order chi connectivity index (χ1) is 8.97. The summed E-state index contributed by atoms with van der Waals surface area (Å²) in [5.74, 6) is -1.09. The highest BCUT2D eigenvalue weighted by atomic mass is 19.1. The van der Waals surface area contributed by atoms with Crippen LogP contribution in [-0.4, -0.2) is 36.7 Å². The SMILES string of the molecule is CC1(C)COCCN1C(CN)c1c(F)cccc1F. The molecule has 1 fully saturated rings. The maximum absolute atomic E-state index is 13.9. The third-order valence-corrected chi connectivity index (χ3v) is 3.64. The van der Waals surface area contributed by atoms with E-state index in [1.54, 1.807) is 0 Å². The van der Waals surface area contributed by atoms with Crippen molar-refractivity contribution < 1.29 is 13.5 Å². The minimum absolute atomic E-state index is 0.0555. The molecule has 0 aromatic heterocycles. The molecule has 5 heteroatoms. The molecule has 0 aliphatic carbocycles. The van der Waals surface area contributed by atoms with Crippen LogP contribution in [0.1, 0.15) is 25.5 Å². The van der Waals surface area contributed by atoms with Crippen LogP contribution in [0.3, 0.4) is 0 Å². The summed E-state index contributed by atoms with van der Waals surface area (Å²) in [6, 6.07) is 3.44. The molecule has 0 saturated carbocycles. The van der Waals surface area contributed by atoms with Crippen LogP contribution < -0.4 is 5.73 Å². The van der Waals surface area contributed by atoms with Crippen LogP contribution in [0.25, 0.3) is 0 Å². The zero-order chi connectivity index (χ0) is 14.0. The van der Waals surface area contributed by atoms with Crippen molar-refractivity contribution in [1.82, 2.24) is 4.90 Å². The Morgan fingerprint density at radius 1 is 1.37 bits per heavy atom. The van der Waals surface area contributed by atoms with Gasteiger partial charge in [-0.3, -0.25) is 4.90 Å². The molecule has 0 radical (unpaired) electrons. The van der Waals surface area contributed by atoms with E-state index in [4.69, 9.17) is 10.5 Å². The number of hydrogen-bond donors (Lipinski definition) is 1. The Balaban J connectivity index is 2.39. The van der Waals surface area contributed by atoms with Crippen molar-refractivity contribution in [3.05, 3.63) is 35.4 Å². The molecule has 19 heavy (non-hydrogen) atoms. The van der Waals surface area contributed by atoms with Crippen molar-refractivity contribution in [2.75, 3.05) is 26.3 Å². The van der Waals surface area contributed by atoms with E-state index in [2.05, 4.69) is 0 Å². The zero-order valence-corrected chi connectivity index (χ0v) is 11.3. The van der Waals surface area contributed by atoms with Gasteiger partial charge >= 0.3 is 0 Å². The average molecular weight is 270 g/mol. The zero-order valence-electron chi connectivity index (χ0n) is 11.3. The summed E-state index contributed by atoms with van der Waals surface area (Å²) in [5, 5.41) is 0. The summed E-state index contributed by atoms with van der Waals surface area (Å²) in [5.41, 5.74) is 5.54. The number of morpholine rings is 1. The summed E-state index contributed by atoms with van der Waals surface area (Å²) >= 11 is 0. The highest BCUT2D eigenvalue weighted by Gasteiger charge is 2.37. The maximum Gasteiger partial charge on any atom is 0.130 e. The maximum atomic E-state index is 13.9. The summed E-state index contributed by atoms with van der Waals surface area (Å²) in [6.45, 7) is 5.85. The Kier molecular flexibility index (Phi) is 4.18. The van der Waals surface area contributed by atoms with Crippen LogP contribution in [0.4, 0.5) is 8.78 Å². The Labute approximate surface area is 112 Å². The van der Waals surface area contributed by atoms with Crippen LogP contribution in [0.2, 0.25) is 0 Å². The van der Waals surface area contributed by atoms with Gasteiger partial charge in [-0.15, -0.1) is 0 Å². The van der Waals surface area contributed by atoms with Crippen LogP contribution in [-0.2, 0) is 4.74 Å². The van der Waals surface area contributed by atoms with E-state index < -0.39 is 17.7 Å². The fourth-order valence-corrected chi connectivity index (χ4v) is 2.68. The lowest BCUT2D eigenvalue weighted by molar-refractivity contribution is -0.0723. The monoisotopic (exact) mass is 270 g/mol. The predicted molar refractivity (Wildman–Crippen MR) is 69.8 cm³/mol. The van der Waals surface area contributed by atoms with Crippen LogP contribution in [0.5, 0.6) is 0 Å². The van der Waals surface area contributed by atoms with Crippen molar-refractivity contribution in [3.8, 4) is 0 Å². The molecule has 1 aliphatic heterocycles. The predicted octanol–water partition coefficient (Wildman–Crippen LogP) is 2.08. The lowest BCUT2D eigenvalue weighted by Gasteiger charge is -2.46. The van der Waals surface area contributed by atoms with Gasteiger partial charge in [-0.2, -0.15) is 0 Å². The third kappa shape index (κ3) is 2.78. The number of nitrogens with zero attached hydrogens (tertiary/aromatic N) is 1. The number of ether oxygens (including phenoxy) is 1. The molecule has 1 unspecified atom stereocenters. The quantitative estimate of drug-likeness (QED) is 0.914. The number of rotatable bonds is 3. The molecule has 1 aromatic rings. The van der Waals surface area contributed by atoms with Crippen molar-refractivity contribution >= 4 is 0 Å². The highest BCUT2D eigenvalue weighted by molar-refractivity contribution is 5.24. The Morgan fingerprint density at radius 3 is 2.53 bits per heavy atom. The molecule has 2 rings (SSSR count). The van der Waals surface area contributed by atoms with Gasteiger partial charge in [-0.05, 0) is 26.0 Å². The second kappa shape index (κ2) is 5.53. The van der Waals surface area contributed by atoms with Gasteiger partial charge in [-0.25, -0.2) is 8.78 Å². The summed E-state index contributed by atoms with van der Waals surface area (Å²) < 4.78 is 33.3. The first-order valence-electron chi connectivity index (χ1n) is 6.46. The van der Waals surface area contributed by atoms with Gasteiger partial charge in [0, 0.05) is 24.2 Å². The first-order valence-corrected chi connectivity index (χ1v) is 6.46. The standard InChI is InChI=1S/C14H20F2N2O/c1-14(2)9-19-7-6-18(14)12(8-17)13-10(15)4-3-5-11(13)16/h3-5,12H,6-9,17H2,1-2H3.